The molecule has 18 heavy (non-hydrogen) atoms. The molecule has 0 radical (unpaired) electrons. The van der Waals surface area contributed by atoms with Gasteiger partial charge in [0.2, 0.25) is 0 Å². The molecule has 0 saturated heterocycles. The van der Waals surface area contributed by atoms with Crippen LogP contribution in [0.15, 0.2) is 35.2 Å². The van der Waals surface area contributed by atoms with Crippen molar-refractivity contribution in [2.24, 2.45) is 5.41 Å². The van der Waals surface area contributed by atoms with Crippen molar-refractivity contribution in [3.63, 3.8) is 0 Å². The van der Waals surface area contributed by atoms with E-state index in [1.54, 1.807) is 0 Å². The summed E-state index contributed by atoms with van der Waals surface area (Å²) >= 11 is 1.98. The summed E-state index contributed by atoms with van der Waals surface area (Å²) in [5, 5.41) is 3.69. The van der Waals surface area contributed by atoms with Crippen molar-refractivity contribution in [1.82, 2.24) is 5.32 Å². The molecule has 1 saturated carbocycles. The number of hydrogen-bond acceptors (Lipinski definition) is 2. The molecule has 1 nitrogen and oxygen atoms in total. The van der Waals surface area contributed by atoms with Gasteiger partial charge >= 0.3 is 0 Å². The molecule has 100 valence electrons. The second-order valence-electron chi connectivity index (χ2n) is 5.73. The highest BCUT2D eigenvalue weighted by atomic mass is 32.2. The van der Waals surface area contributed by atoms with Gasteiger partial charge in [0, 0.05) is 17.5 Å². The predicted molar refractivity (Wildman–Crippen MR) is 81.2 cm³/mol. The Bertz CT molecular complexity index is 347. The maximum atomic E-state index is 3.69. The van der Waals surface area contributed by atoms with E-state index in [0.29, 0.717) is 5.41 Å². The highest BCUT2D eigenvalue weighted by molar-refractivity contribution is 7.99. The molecule has 1 N–H and O–H groups in total. The first-order chi connectivity index (χ1) is 8.72. The zero-order valence-corrected chi connectivity index (χ0v) is 12.4. The van der Waals surface area contributed by atoms with Crippen molar-refractivity contribution < 1.29 is 0 Å². The van der Waals surface area contributed by atoms with Crippen LogP contribution in [0.25, 0.3) is 0 Å². The van der Waals surface area contributed by atoms with Crippen LogP contribution in [-0.4, -0.2) is 18.3 Å². The van der Waals surface area contributed by atoms with Crippen LogP contribution in [0.1, 0.15) is 39.5 Å². The second-order valence-corrected chi connectivity index (χ2v) is 6.90. The molecule has 0 aromatic heterocycles. The van der Waals surface area contributed by atoms with E-state index in [1.165, 1.54) is 42.9 Å². The van der Waals surface area contributed by atoms with Crippen LogP contribution >= 0.6 is 11.8 Å². The SMILES string of the molecule is CCC(C)(CCSc1ccccc1)CNC1CC1. The molecule has 0 bridgehead atoms. The summed E-state index contributed by atoms with van der Waals surface area (Å²) in [4.78, 5) is 1.39. The molecule has 0 aliphatic heterocycles. The summed E-state index contributed by atoms with van der Waals surface area (Å²) in [5.74, 6) is 1.22. The average Bonchev–Trinajstić information content (AvgIpc) is 3.22. The Morgan fingerprint density at radius 1 is 1.28 bits per heavy atom. The molecule has 1 fully saturated rings. The highest BCUT2D eigenvalue weighted by Crippen LogP contribution is 2.30. The largest absolute Gasteiger partial charge is 0.313 e. The fourth-order valence-corrected chi connectivity index (χ4v) is 3.18. The fraction of sp³-hybridized carbons (Fsp3) is 0.625. The van der Waals surface area contributed by atoms with Gasteiger partial charge in [0.25, 0.3) is 0 Å². The lowest BCUT2D eigenvalue weighted by Crippen LogP contribution is -2.33. The Hall–Kier alpha value is -0.470. The maximum absolute atomic E-state index is 3.69. The third-order valence-corrected chi connectivity index (χ3v) is 4.98. The summed E-state index contributed by atoms with van der Waals surface area (Å²) in [6.45, 7) is 5.93. The minimum Gasteiger partial charge on any atom is -0.313 e. The van der Waals surface area contributed by atoms with Crippen LogP contribution in [0, 0.1) is 5.41 Å². The topological polar surface area (TPSA) is 12.0 Å². The number of hydrogen-bond donors (Lipinski definition) is 1. The van der Waals surface area contributed by atoms with Crippen LogP contribution in [0.4, 0.5) is 0 Å². The molecule has 1 atom stereocenters. The van der Waals surface area contributed by atoms with E-state index in [0.717, 1.165) is 6.04 Å². The molecule has 1 aromatic rings. The molecule has 0 amide bonds. The molecular weight excluding hydrogens is 238 g/mol. The van der Waals surface area contributed by atoms with E-state index >= 15 is 0 Å². The summed E-state index contributed by atoms with van der Waals surface area (Å²) in [7, 11) is 0. The highest BCUT2D eigenvalue weighted by Gasteiger charge is 2.26. The standard InChI is InChI=1S/C16H25NS/c1-3-16(2,13-17-14-9-10-14)11-12-18-15-7-5-4-6-8-15/h4-8,14,17H,3,9-13H2,1-2H3. The molecule has 2 heteroatoms. The van der Waals surface area contributed by atoms with Gasteiger partial charge in [-0.25, -0.2) is 0 Å². The Morgan fingerprint density at radius 2 is 2.00 bits per heavy atom. The van der Waals surface area contributed by atoms with Crippen LogP contribution in [-0.2, 0) is 0 Å². The van der Waals surface area contributed by atoms with Gasteiger partial charge in [-0.05, 0) is 49.0 Å². The van der Waals surface area contributed by atoms with Crippen molar-refractivity contribution in [1.29, 1.82) is 0 Å². The molecular formula is C16H25NS. The third-order valence-electron chi connectivity index (χ3n) is 3.97. The van der Waals surface area contributed by atoms with Gasteiger partial charge in [0.1, 0.15) is 0 Å². The van der Waals surface area contributed by atoms with Gasteiger partial charge in [-0.15, -0.1) is 11.8 Å². The van der Waals surface area contributed by atoms with Crippen LogP contribution in [0.2, 0.25) is 0 Å². The normalized spacial score (nSPS) is 18.6. The number of rotatable bonds is 8. The zero-order valence-electron chi connectivity index (χ0n) is 11.6. The molecule has 1 aliphatic rings. The Balaban J connectivity index is 1.71. The first-order valence-corrected chi connectivity index (χ1v) is 8.12. The Morgan fingerprint density at radius 3 is 2.61 bits per heavy atom. The van der Waals surface area contributed by atoms with Crippen molar-refractivity contribution in [3.8, 4) is 0 Å². The van der Waals surface area contributed by atoms with E-state index < -0.39 is 0 Å². The van der Waals surface area contributed by atoms with Crippen LogP contribution in [0.5, 0.6) is 0 Å². The Labute approximate surface area is 116 Å². The van der Waals surface area contributed by atoms with Crippen LogP contribution < -0.4 is 5.32 Å². The van der Waals surface area contributed by atoms with E-state index in [-0.39, 0.29) is 0 Å². The monoisotopic (exact) mass is 263 g/mol. The molecule has 1 unspecified atom stereocenters. The summed E-state index contributed by atoms with van der Waals surface area (Å²) < 4.78 is 0. The first kappa shape index (κ1) is 14.0. The summed E-state index contributed by atoms with van der Waals surface area (Å²) in [5.41, 5.74) is 0.463. The molecule has 1 aromatic carbocycles. The van der Waals surface area contributed by atoms with Crippen molar-refractivity contribution in [3.05, 3.63) is 30.3 Å². The fourth-order valence-electron chi connectivity index (χ4n) is 2.00. The van der Waals surface area contributed by atoms with Gasteiger partial charge in [0.05, 0.1) is 0 Å². The smallest absolute Gasteiger partial charge is 0.00719 e. The summed E-state index contributed by atoms with van der Waals surface area (Å²) in [6, 6.07) is 11.6. The minimum absolute atomic E-state index is 0.463. The van der Waals surface area contributed by atoms with Gasteiger partial charge in [0.15, 0.2) is 0 Å². The maximum Gasteiger partial charge on any atom is 0.00719 e. The van der Waals surface area contributed by atoms with E-state index in [1.807, 2.05) is 11.8 Å². The average molecular weight is 263 g/mol. The van der Waals surface area contributed by atoms with E-state index in [9.17, 15) is 0 Å². The van der Waals surface area contributed by atoms with Gasteiger partial charge in [-0.1, -0.05) is 32.0 Å². The van der Waals surface area contributed by atoms with E-state index in [4.69, 9.17) is 0 Å². The van der Waals surface area contributed by atoms with Gasteiger partial charge < -0.3 is 5.32 Å². The molecule has 2 rings (SSSR count). The minimum atomic E-state index is 0.463. The lowest BCUT2D eigenvalue weighted by atomic mass is 9.84. The molecule has 0 heterocycles. The zero-order chi connectivity index (χ0) is 12.8. The van der Waals surface area contributed by atoms with Crippen LogP contribution in [0.3, 0.4) is 0 Å². The quantitative estimate of drug-likeness (QED) is 0.700. The third kappa shape index (κ3) is 4.66. The van der Waals surface area contributed by atoms with Crippen molar-refractivity contribution in [2.45, 2.75) is 50.5 Å². The summed E-state index contributed by atoms with van der Waals surface area (Å²) in [6.07, 6.45) is 5.34. The first-order valence-electron chi connectivity index (χ1n) is 7.13. The van der Waals surface area contributed by atoms with Crippen molar-refractivity contribution in [2.75, 3.05) is 12.3 Å². The number of benzene rings is 1. The Kier molecular flexibility index (Phi) is 5.13. The number of thioether (sulfide) groups is 1. The predicted octanol–water partition coefficient (Wildman–Crippen LogP) is 4.34. The lowest BCUT2D eigenvalue weighted by molar-refractivity contribution is 0.283. The second kappa shape index (κ2) is 6.63. The van der Waals surface area contributed by atoms with E-state index in [2.05, 4.69) is 49.5 Å². The van der Waals surface area contributed by atoms with Gasteiger partial charge in [-0.3, -0.25) is 0 Å². The lowest BCUT2D eigenvalue weighted by Gasteiger charge is -2.28. The molecule has 1 aliphatic carbocycles. The van der Waals surface area contributed by atoms with Crippen molar-refractivity contribution >= 4 is 11.8 Å². The van der Waals surface area contributed by atoms with Gasteiger partial charge in [-0.2, -0.15) is 0 Å². The molecule has 0 spiro atoms. The number of nitrogens with one attached hydrogen (secondary N) is 1.